The maximum Gasteiger partial charge on any atom is 0.198 e. The van der Waals surface area contributed by atoms with Crippen molar-refractivity contribution in [3.8, 4) is 33.4 Å². The molecule has 9 aromatic carbocycles. The third-order valence-corrected chi connectivity index (χ3v) is 14.8. The standard InChI is InChI=1S/C58H40BN2O/c1-57(2)44-21-10-7-16-35(44)40-28-34(24-25-46(40)57)61-50-29-41-36-17-8-11-22-45(36)58(3,4)47(41)31-48(50)59-54-51(61)30-43-37-18-9-12-23-52(37)62-56(43)53(54)39-20-13-19-38-42-26-32-14-5-6-15-33(32)27-49(42)60-55(38)39/h5-31,60H,1-4H3. The highest BCUT2D eigenvalue weighted by molar-refractivity contribution is 6.74. The molecule has 3 aliphatic rings. The van der Waals surface area contributed by atoms with Gasteiger partial charge < -0.3 is 14.3 Å². The third kappa shape index (κ3) is 4.36. The molecule has 11 aromatic rings. The molecule has 0 fully saturated rings. The zero-order chi connectivity index (χ0) is 41.2. The van der Waals surface area contributed by atoms with Crippen molar-refractivity contribution < 1.29 is 4.42 Å². The molecule has 0 bridgehead atoms. The van der Waals surface area contributed by atoms with Gasteiger partial charge in [-0.05, 0) is 103 Å². The monoisotopic (exact) mass is 791 g/mol. The Morgan fingerprint density at radius 2 is 1.13 bits per heavy atom. The lowest BCUT2D eigenvalue weighted by atomic mass is 9.57. The molecule has 2 aliphatic carbocycles. The van der Waals surface area contributed by atoms with E-state index in [9.17, 15) is 0 Å². The number of rotatable bonds is 2. The van der Waals surface area contributed by atoms with Crippen LogP contribution in [0.4, 0.5) is 17.1 Å². The first-order valence-electron chi connectivity index (χ1n) is 21.8. The maximum atomic E-state index is 7.04. The minimum absolute atomic E-state index is 0.0920. The van der Waals surface area contributed by atoms with E-state index in [1.807, 2.05) is 0 Å². The number of furan rings is 1. The van der Waals surface area contributed by atoms with Crippen molar-refractivity contribution in [1.82, 2.24) is 4.98 Å². The molecule has 291 valence electrons. The van der Waals surface area contributed by atoms with Gasteiger partial charge in [-0.3, -0.25) is 0 Å². The summed E-state index contributed by atoms with van der Waals surface area (Å²) in [6.07, 6.45) is 0. The molecule has 0 saturated heterocycles. The van der Waals surface area contributed by atoms with Crippen molar-refractivity contribution in [2.24, 2.45) is 0 Å². The molecule has 0 spiro atoms. The molecular weight excluding hydrogens is 751 g/mol. The van der Waals surface area contributed by atoms with Crippen LogP contribution in [0.15, 0.2) is 168 Å². The Balaban J connectivity index is 1.10. The van der Waals surface area contributed by atoms with Crippen molar-refractivity contribution in [2.75, 3.05) is 4.90 Å². The van der Waals surface area contributed by atoms with Gasteiger partial charge in [-0.15, -0.1) is 0 Å². The quantitative estimate of drug-likeness (QED) is 0.177. The summed E-state index contributed by atoms with van der Waals surface area (Å²) in [6, 6.07) is 61.0. The Morgan fingerprint density at radius 1 is 0.484 bits per heavy atom. The van der Waals surface area contributed by atoms with Gasteiger partial charge in [0.2, 0.25) is 0 Å². The number of hydrogen-bond donors (Lipinski definition) is 1. The van der Waals surface area contributed by atoms with Gasteiger partial charge in [0.05, 0.1) is 5.52 Å². The predicted octanol–water partition coefficient (Wildman–Crippen LogP) is 14.1. The Kier molecular flexibility index (Phi) is 6.52. The molecule has 3 nitrogen and oxygen atoms in total. The molecule has 4 heteroatoms. The van der Waals surface area contributed by atoms with E-state index in [2.05, 4.69) is 209 Å². The largest absolute Gasteiger partial charge is 0.455 e. The van der Waals surface area contributed by atoms with E-state index in [-0.39, 0.29) is 10.8 Å². The maximum absolute atomic E-state index is 7.04. The number of benzene rings is 9. The zero-order valence-corrected chi connectivity index (χ0v) is 35.0. The molecule has 1 aliphatic heterocycles. The van der Waals surface area contributed by atoms with E-state index in [4.69, 9.17) is 4.42 Å². The Hall–Kier alpha value is -7.30. The second kappa shape index (κ2) is 11.7. The minimum Gasteiger partial charge on any atom is -0.455 e. The average molecular weight is 792 g/mol. The van der Waals surface area contributed by atoms with Gasteiger partial charge in [-0.1, -0.05) is 154 Å². The first-order valence-corrected chi connectivity index (χ1v) is 21.8. The highest BCUT2D eigenvalue weighted by atomic mass is 16.3. The van der Waals surface area contributed by atoms with Gasteiger partial charge in [0.25, 0.3) is 0 Å². The molecule has 62 heavy (non-hydrogen) atoms. The van der Waals surface area contributed by atoms with Gasteiger partial charge in [0.1, 0.15) is 11.2 Å². The fourth-order valence-electron chi connectivity index (χ4n) is 11.8. The summed E-state index contributed by atoms with van der Waals surface area (Å²) in [5.74, 6) is 0. The molecule has 0 unspecified atom stereocenters. The van der Waals surface area contributed by atoms with Crippen molar-refractivity contribution in [2.45, 2.75) is 38.5 Å². The topological polar surface area (TPSA) is 32.2 Å². The van der Waals surface area contributed by atoms with E-state index in [1.54, 1.807) is 0 Å². The van der Waals surface area contributed by atoms with Crippen LogP contribution in [-0.2, 0) is 10.8 Å². The first kappa shape index (κ1) is 34.4. The van der Waals surface area contributed by atoms with E-state index in [0.717, 1.165) is 60.9 Å². The predicted molar refractivity (Wildman–Crippen MR) is 261 cm³/mol. The molecule has 1 radical (unpaired) electrons. The van der Waals surface area contributed by atoms with E-state index >= 15 is 0 Å². The van der Waals surface area contributed by atoms with Crippen LogP contribution in [0.1, 0.15) is 49.9 Å². The zero-order valence-electron chi connectivity index (χ0n) is 35.0. The summed E-state index contributed by atoms with van der Waals surface area (Å²) in [6.45, 7) is 9.48. The van der Waals surface area contributed by atoms with Crippen LogP contribution in [0, 0.1) is 0 Å². The van der Waals surface area contributed by atoms with Gasteiger partial charge in [0, 0.05) is 66.1 Å². The van der Waals surface area contributed by atoms with Crippen LogP contribution in [0.3, 0.4) is 0 Å². The van der Waals surface area contributed by atoms with Crippen LogP contribution in [-0.4, -0.2) is 12.3 Å². The lowest BCUT2D eigenvalue weighted by molar-refractivity contribution is 0.660. The number of aromatic nitrogens is 1. The summed E-state index contributed by atoms with van der Waals surface area (Å²) in [7, 11) is 2.45. The van der Waals surface area contributed by atoms with Gasteiger partial charge in [-0.25, -0.2) is 0 Å². The second-order valence-corrected chi connectivity index (χ2v) is 18.8. The minimum atomic E-state index is -0.145. The number of hydrogen-bond acceptors (Lipinski definition) is 2. The van der Waals surface area contributed by atoms with Crippen molar-refractivity contribution in [3.63, 3.8) is 0 Å². The normalized spacial score (nSPS) is 15.1. The average Bonchev–Trinajstić information content (AvgIpc) is 3.98. The fourth-order valence-corrected chi connectivity index (χ4v) is 11.8. The van der Waals surface area contributed by atoms with E-state index < -0.39 is 0 Å². The summed E-state index contributed by atoms with van der Waals surface area (Å²) in [4.78, 5) is 6.49. The Bertz CT molecular complexity index is 3810. The van der Waals surface area contributed by atoms with Crippen molar-refractivity contribution in [3.05, 3.63) is 186 Å². The van der Waals surface area contributed by atoms with Crippen molar-refractivity contribution >= 4 is 89.8 Å². The Morgan fingerprint density at radius 3 is 1.94 bits per heavy atom. The highest BCUT2D eigenvalue weighted by Crippen LogP contribution is 2.54. The van der Waals surface area contributed by atoms with Crippen LogP contribution >= 0.6 is 0 Å². The number of para-hydroxylation sites is 2. The van der Waals surface area contributed by atoms with E-state index in [1.165, 1.54) is 77.2 Å². The number of fused-ring (bicyclic) bond motifs is 15. The number of aromatic amines is 1. The Labute approximate surface area is 360 Å². The smallest absolute Gasteiger partial charge is 0.198 e. The third-order valence-electron chi connectivity index (χ3n) is 14.8. The fraction of sp³-hybridized carbons (Fsp3) is 0.103. The molecular formula is C58H40BN2O. The lowest BCUT2D eigenvalue weighted by Crippen LogP contribution is -2.41. The first-order chi connectivity index (χ1) is 30.2. The van der Waals surface area contributed by atoms with Crippen LogP contribution < -0.4 is 15.8 Å². The molecule has 1 N–H and O–H groups in total. The van der Waals surface area contributed by atoms with E-state index in [0.29, 0.717) is 0 Å². The summed E-state index contributed by atoms with van der Waals surface area (Å²) in [5, 5.41) is 7.11. The van der Waals surface area contributed by atoms with Crippen molar-refractivity contribution in [1.29, 1.82) is 0 Å². The summed E-state index contributed by atoms with van der Waals surface area (Å²) in [5.41, 5.74) is 22.6. The SMILES string of the molecule is CC1(C)c2ccccc2-c2cc(N3c4cc5c(cc4[B]c4c3cc3c(oc6ccccc63)c4-c3cccc4c3[nH]c3cc6ccccc6cc34)C(C)(C)c3ccccc3-5)ccc21. The van der Waals surface area contributed by atoms with Gasteiger partial charge >= 0.3 is 0 Å². The number of nitrogens with zero attached hydrogens (tertiary/aromatic N) is 1. The number of anilines is 3. The van der Waals surface area contributed by atoms with Gasteiger partial charge in [-0.2, -0.15) is 0 Å². The molecule has 0 atom stereocenters. The molecule has 3 heterocycles. The van der Waals surface area contributed by atoms with Gasteiger partial charge in [0.15, 0.2) is 7.28 Å². The van der Waals surface area contributed by atoms with Crippen LogP contribution in [0.5, 0.6) is 0 Å². The second-order valence-electron chi connectivity index (χ2n) is 18.8. The van der Waals surface area contributed by atoms with Crippen LogP contribution in [0.2, 0.25) is 0 Å². The summed E-state index contributed by atoms with van der Waals surface area (Å²) >= 11 is 0. The number of H-pyrrole nitrogens is 1. The molecule has 0 saturated carbocycles. The number of nitrogens with one attached hydrogen (secondary N) is 1. The lowest BCUT2D eigenvalue weighted by Gasteiger charge is -2.36. The molecule has 14 rings (SSSR count). The van der Waals surface area contributed by atoms with Crippen LogP contribution in [0.25, 0.3) is 87.9 Å². The summed E-state index contributed by atoms with van der Waals surface area (Å²) < 4.78 is 7.04. The highest BCUT2D eigenvalue weighted by Gasteiger charge is 2.40. The molecule has 0 amide bonds. The molecule has 2 aromatic heterocycles.